The van der Waals surface area contributed by atoms with Gasteiger partial charge in [0, 0.05) is 44.5 Å². The van der Waals surface area contributed by atoms with Crippen molar-refractivity contribution in [3.05, 3.63) is 93.0 Å². The lowest BCUT2D eigenvalue weighted by Gasteiger charge is -2.32. The summed E-state index contributed by atoms with van der Waals surface area (Å²) in [5.74, 6) is 1.60. The van der Waals surface area contributed by atoms with Crippen molar-refractivity contribution in [3.63, 3.8) is 0 Å². The molecule has 4 aromatic carbocycles. The summed E-state index contributed by atoms with van der Waals surface area (Å²) in [6.07, 6.45) is 0. The van der Waals surface area contributed by atoms with Crippen LogP contribution in [0.2, 0.25) is 0 Å². The van der Waals surface area contributed by atoms with Crippen LogP contribution in [0.25, 0.3) is 22.3 Å². The van der Waals surface area contributed by atoms with Gasteiger partial charge in [-0.1, -0.05) is 245 Å². The average molecular weight is 1190 g/mol. The van der Waals surface area contributed by atoms with Gasteiger partial charge in [-0.3, -0.25) is 0 Å². The lowest BCUT2D eigenvalue weighted by atomic mass is 9.75. The zero-order valence-corrected chi connectivity index (χ0v) is 58.2. The van der Waals surface area contributed by atoms with Crippen LogP contribution in [0.5, 0.6) is 23.0 Å². The van der Waals surface area contributed by atoms with E-state index in [4.69, 9.17) is 70.2 Å². The van der Waals surface area contributed by atoms with Gasteiger partial charge in [-0.2, -0.15) is 0 Å². The second-order valence-corrected chi connectivity index (χ2v) is 36.1. The number of methoxy groups -OCH3 is 2. The van der Waals surface area contributed by atoms with Crippen LogP contribution in [0.4, 0.5) is 0 Å². The van der Waals surface area contributed by atoms with Crippen LogP contribution < -0.4 is 14.0 Å². The molecule has 1 N–H and O–H groups in total. The van der Waals surface area contributed by atoms with Crippen LogP contribution in [0.3, 0.4) is 0 Å². The number of rotatable bonds is 9. The molecule has 0 bridgehead atoms. The Morgan fingerprint density at radius 2 is 0.592 bits per heavy atom. The van der Waals surface area contributed by atoms with Crippen LogP contribution in [-0.4, -0.2) is 43.9 Å². The van der Waals surface area contributed by atoms with Gasteiger partial charge in [-0.05, 0) is 132 Å². The minimum atomic E-state index is -1.66. The van der Waals surface area contributed by atoms with Gasteiger partial charge in [0.2, 0.25) is 0 Å². The molecular weight excluding hydrogens is 1090 g/mol. The molecule has 0 spiro atoms. The van der Waals surface area contributed by atoms with E-state index >= 15 is 0 Å². The zero-order chi connectivity index (χ0) is 59.9. The first-order valence-electron chi connectivity index (χ1n) is 26.9. The Hall–Kier alpha value is -1.65. The monoisotopic (exact) mass is 1190 g/mol. The molecule has 0 fully saturated rings. The van der Waals surface area contributed by atoms with Crippen LogP contribution >= 0.6 is 69.0 Å². The van der Waals surface area contributed by atoms with E-state index in [0.717, 1.165) is 56.2 Å². The van der Waals surface area contributed by atoms with Crippen molar-refractivity contribution in [2.24, 2.45) is 0 Å². The van der Waals surface area contributed by atoms with E-state index in [0.29, 0.717) is 5.75 Å². The minimum absolute atomic E-state index is 0.0227. The third kappa shape index (κ3) is 21.0. The fraction of sp³-hybridized carbons (Fsp3) is 0.625. The van der Waals surface area contributed by atoms with Gasteiger partial charge in [0.1, 0.15) is 23.0 Å². The van der Waals surface area contributed by atoms with E-state index in [1.165, 1.54) is 47.5 Å². The first-order valence-corrected chi connectivity index (χ1v) is 34.0. The lowest BCUT2D eigenvalue weighted by molar-refractivity contribution is 0.321. The fourth-order valence-electron chi connectivity index (χ4n) is 8.58. The minimum Gasteiger partial charge on any atom is -0.507 e. The van der Waals surface area contributed by atoms with Crippen LogP contribution in [0, 0.1) is 0 Å². The van der Waals surface area contributed by atoms with Gasteiger partial charge < -0.3 is 24.0 Å². The summed E-state index contributed by atoms with van der Waals surface area (Å²) in [7, 11) is 3.49. The molecule has 432 valence electrons. The summed E-state index contributed by atoms with van der Waals surface area (Å²) in [6.45, 7) is 61.6. The molecule has 0 amide bonds. The summed E-state index contributed by atoms with van der Waals surface area (Å²) in [4.78, 5) is 2.38. The first kappa shape index (κ1) is 72.4. The highest BCUT2D eigenvalue weighted by Gasteiger charge is 2.34. The Labute approximate surface area is 492 Å². The van der Waals surface area contributed by atoms with Gasteiger partial charge in [-0.25, -0.2) is 0 Å². The van der Waals surface area contributed by atoms with Gasteiger partial charge in [-0.15, -0.1) is 0 Å². The summed E-state index contributed by atoms with van der Waals surface area (Å²) in [5, 5.41) is 11.5. The Morgan fingerprint density at radius 1 is 0.368 bits per heavy atom. The number of nitrogens with zero attached hydrogens (tertiary/aromatic N) is 1. The fourth-order valence-corrected chi connectivity index (χ4v) is 9.33. The molecule has 4 aromatic rings. The summed E-state index contributed by atoms with van der Waals surface area (Å²) in [6, 6.07) is 17.8. The van der Waals surface area contributed by atoms with Crippen molar-refractivity contribution in [2.45, 2.75) is 230 Å². The number of hydrogen-bond acceptors (Lipinski definition) is 5. The second-order valence-electron chi connectivity index (χ2n) is 28.1. The highest BCUT2D eigenvalue weighted by atomic mass is 36.0. The number of ether oxygens (including phenoxy) is 2. The smallest absolute Gasteiger partial charge is 0.284 e. The summed E-state index contributed by atoms with van der Waals surface area (Å²) >= 11 is 27.2. The molecule has 0 saturated carbocycles. The van der Waals surface area contributed by atoms with Crippen molar-refractivity contribution in [1.82, 2.24) is 4.90 Å². The maximum Gasteiger partial charge on any atom is 0.284 e. The van der Waals surface area contributed by atoms with Crippen LogP contribution in [-0.2, 0) is 43.3 Å². The number of benzene rings is 4. The Kier molecular flexibility index (Phi) is 26.5. The Bertz CT molecular complexity index is 2490. The first-order chi connectivity index (χ1) is 34.0. The number of phenols is 1. The van der Waals surface area contributed by atoms with Gasteiger partial charge in [0.25, 0.3) is 6.85 Å². The maximum absolute atomic E-state index is 11.5. The van der Waals surface area contributed by atoms with Crippen LogP contribution in [0.1, 0.15) is 231 Å². The molecule has 76 heavy (non-hydrogen) atoms. The molecule has 0 aliphatic carbocycles. The molecule has 0 aliphatic rings. The third-order valence-electron chi connectivity index (χ3n) is 13.6. The number of phenolic OH excluding ortho intramolecular Hbond substituents is 1. The molecule has 0 atom stereocenters. The average Bonchev–Trinajstić information content (AvgIpc) is 3.23. The zero-order valence-electron chi connectivity index (χ0n) is 52.6. The highest BCUT2D eigenvalue weighted by Crippen LogP contribution is 2.56. The standard InChI is InChI=1S/C29H43Cl2O2P.C29H44O2.C6H15N.Cl3P/c1-26(2,3)18-14-20(24(32-13)22(16-18)28(7,8)9)21-15-19(27(4,5)6)17-23(29(10,11)12)25(21)33-34(30)31;1-26(2,3)18-14-20(24(30)22(16-18)28(7,8)9)21-15-19(27(4,5)6)17-23(25(21)31-13)29(10,11)12;1-4-7(5-2)6-3;1-4(2)3/h14-17H,1-13H3;14-17,30H,1-13H3;4-6H2,1-3H3;. The Morgan fingerprint density at radius 3 is 0.803 bits per heavy atom. The molecule has 12 heteroatoms. The second kappa shape index (κ2) is 27.9. The number of halogens is 5. The maximum atomic E-state index is 11.5. The molecule has 0 aromatic heterocycles. The van der Waals surface area contributed by atoms with Crippen molar-refractivity contribution in [3.8, 4) is 45.3 Å². The van der Waals surface area contributed by atoms with Crippen molar-refractivity contribution >= 4 is 69.0 Å². The van der Waals surface area contributed by atoms with Gasteiger partial charge >= 0.3 is 0 Å². The molecule has 0 saturated heterocycles. The van der Waals surface area contributed by atoms with Gasteiger partial charge in [0.05, 0.1) is 14.2 Å². The Balaban J connectivity index is 0.000000636. The quantitative estimate of drug-likeness (QED) is 0.169. The van der Waals surface area contributed by atoms with E-state index in [2.05, 4.69) is 240 Å². The summed E-state index contributed by atoms with van der Waals surface area (Å²) < 4.78 is 18.4. The molecule has 4 rings (SSSR count). The largest absolute Gasteiger partial charge is 0.507 e. The normalized spacial score (nSPS) is 12.9. The van der Waals surface area contributed by atoms with E-state index in [1.807, 2.05) is 0 Å². The topological polar surface area (TPSA) is 51.2 Å². The molecule has 0 aliphatic heterocycles. The van der Waals surface area contributed by atoms with Gasteiger partial charge in [0.15, 0.2) is 5.98 Å². The molecule has 0 radical (unpaired) electrons. The van der Waals surface area contributed by atoms with Crippen LogP contribution in [0.15, 0.2) is 48.5 Å². The number of hydrogen-bond donors (Lipinski definition) is 1. The van der Waals surface area contributed by atoms with E-state index < -0.39 is 12.8 Å². The molecule has 5 nitrogen and oxygen atoms in total. The predicted molar refractivity (Wildman–Crippen MR) is 345 cm³/mol. The highest BCUT2D eigenvalue weighted by molar-refractivity contribution is 8.20. The SMILES string of the molecule is CCN(CC)CC.COc1c(-c2cc(C(C)(C)C)cc(C(C)(C)C)c2O)cc(C(C)(C)C)cc1C(C)(C)C.COc1c(-c2cc(C(C)(C)C)cc(C(C)(C)C)c2OP(Cl)Cl)cc(C(C)(C)C)cc1C(C)(C)C.ClP(Cl)Cl. The molecule has 0 heterocycles. The van der Waals surface area contributed by atoms with E-state index in [-0.39, 0.29) is 43.3 Å². The lowest BCUT2D eigenvalue weighted by Crippen LogP contribution is -2.21. The van der Waals surface area contributed by atoms with Crippen molar-refractivity contribution in [1.29, 1.82) is 0 Å². The summed E-state index contributed by atoms with van der Waals surface area (Å²) in [5.41, 5.74) is 12.4. The predicted octanol–water partition coefficient (Wildman–Crippen LogP) is 23.2. The van der Waals surface area contributed by atoms with E-state index in [9.17, 15) is 5.11 Å². The molecular formula is C64H102Cl5NO4P2. The third-order valence-corrected chi connectivity index (χ3v) is 14.3. The number of aromatic hydroxyl groups is 1. The van der Waals surface area contributed by atoms with E-state index in [1.54, 1.807) is 14.2 Å². The van der Waals surface area contributed by atoms with Crippen molar-refractivity contribution in [2.75, 3.05) is 33.9 Å². The van der Waals surface area contributed by atoms with Crippen molar-refractivity contribution < 1.29 is 19.1 Å². The molecule has 0 unspecified atom stereocenters.